The number of hydrogen-bond acceptors (Lipinski definition) is 3. The summed E-state index contributed by atoms with van der Waals surface area (Å²) in [6, 6.07) is 6.26. The lowest BCUT2D eigenvalue weighted by molar-refractivity contribution is 0.171. The van der Waals surface area contributed by atoms with E-state index in [1.54, 1.807) is 0 Å². The van der Waals surface area contributed by atoms with Gasteiger partial charge in [-0.1, -0.05) is 37.5 Å². The van der Waals surface area contributed by atoms with Gasteiger partial charge in [-0.3, -0.25) is 4.90 Å². The Morgan fingerprint density at radius 2 is 1.86 bits per heavy atom. The maximum absolute atomic E-state index is 5.65. The van der Waals surface area contributed by atoms with Crippen molar-refractivity contribution in [2.45, 2.75) is 38.6 Å². The molecule has 2 aliphatic rings. The number of allylic oxidation sites excluding steroid dienone is 1. The van der Waals surface area contributed by atoms with E-state index in [-0.39, 0.29) is 0 Å². The van der Waals surface area contributed by atoms with E-state index in [9.17, 15) is 0 Å². The predicted octanol–water partition coefficient (Wildman–Crippen LogP) is 4.03. The van der Waals surface area contributed by atoms with Crippen molar-refractivity contribution in [2.24, 2.45) is 5.92 Å². The van der Waals surface area contributed by atoms with Crippen molar-refractivity contribution in [1.29, 1.82) is 0 Å². The second-order valence-electron chi connectivity index (χ2n) is 6.50. The van der Waals surface area contributed by atoms with Gasteiger partial charge in [-0.15, -0.1) is 0 Å². The Kier molecular flexibility index (Phi) is 5.38. The normalized spacial score (nSPS) is 19.0. The molecular formula is C19H27NO2. The van der Waals surface area contributed by atoms with E-state index < -0.39 is 0 Å². The average molecular weight is 301 g/mol. The van der Waals surface area contributed by atoms with Crippen LogP contribution in [0.2, 0.25) is 0 Å². The first kappa shape index (κ1) is 15.4. The molecule has 0 N–H and O–H groups in total. The highest BCUT2D eigenvalue weighted by Crippen LogP contribution is 2.31. The Morgan fingerprint density at radius 3 is 2.68 bits per heavy atom. The first-order valence-electron chi connectivity index (χ1n) is 8.55. The van der Waals surface area contributed by atoms with Crippen molar-refractivity contribution in [3.8, 4) is 11.5 Å². The number of rotatable bonds is 5. The zero-order chi connectivity index (χ0) is 15.2. The first-order valence-corrected chi connectivity index (χ1v) is 8.55. The van der Waals surface area contributed by atoms with Crippen LogP contribution < -0.4 is 9.47 Å². The molecule has 120 valence electrons. The number of likely N-dealkylation sites (N-methyl/N-ethyl adjacent to an activating group) is 1. The van der Waals surface area contributed by atoms with Crippen LogP contribution in [0.1, 0.15) is 37.7 Å². The van der Waals surface area contributed by atoms with Crippen LogP contribution in [0.4, 0.5) is 0 Å². The van der Waals surface area contributed by atoms with Crippen molar-refractivity contribution in [1.82, 2.24) is 4.90 Å². The lowest BCUT2D eigenvalue weighted by atomic mass is 9.89. The zero-order valence-corrected chi connectivity index (χ0v) is 13.6. The summed E-state index contributed by atoms with van der Waals surface area (Å²) in [5.74, 6) is 2.57. The molecule has 0 unspecified atom stereocenters. The van der Waals surface area contributed by atoms with Gasteiger partial charge in [0.05, 0.1) is 0 Å². The molecule has 1 heterocycles. The molecular weight excluding hydrogens is 274 g/mol. The summed E-state index contributed by atoms with van der Waals surface area (Å²) in [7, 11) is 2.17. The number of nitrogens with zero attached hydrogens (tertiary/aromatic N) is 1. The SMILES string of the molecule is CN(CC=CC1CCCCC1)Cc1ccc2c(c1)OCCO2. The largest absolute Gasteiger partial charge is 0.486 e. The van der Waals surface area contributed by atoms with Crippen molar-refractivity contribution < 1.29 is 9.47 Å². The fraction of sp³-hybridized carbons (Fsp3) is 0.579. The number of benzene rings is 1. The summed E-state index contributed by atoms with van der Waals surface area (Å²) in [6.45, 7) is 3.24. The Balaban J connectivity index is 1.48. The Bertz CT molecular complexity index is 506. The van der Waals surface area contributed by atoms with Crippen LogP contribution in [-0.4, -0.2) is 31.7 Å². The molecule has 1 aliphatic heterocycles. The molecule has 1 aromatic carbocycles. The summed E-state index contributed by atoms with van der Waals surface area (Å²) >= 11 is 0. The van der Waals surface area contributed by atoms with Gasteiger partial charge in [-0.05, 0) is 43.5 Å². The quantitative estimate of drug-likeness (QED) is 0.767. The molecule has 3 rings (SSSR count). The van der Waals surface area contributed by atoms with Crippen molar-refractivity contribution >= 4 is 0 Å². The third kappa shape index (κ3) is 4.26. The van der Waals surface area contributed by atoms with Gasteiger partial charge < -0.3 is 9.47 Å². The van der Waals surface area contributed by atoms with E-state index in [1.165, 1.54) is 37.7 Å². The molecule has 1 fully saturated rings. The Morgan fingerprint density at radius 1 is 1.09 bits per heavy atom. The molecule has 0 radical (unpaired) electrons. The smallest absolute Gasteiger partial charge is 0.161 e. The molecule has 0 saturated heterocycles. The fourth-order valence-corrected chi connectivity index (χ4v) is 3.32. The second kappa shape index (κ2) is 7.68. The van der Waals surface area contributed by atoms with Crippen LogP contribution in [-0.2, 0) is 6.54 Å². The molecule has 22 heavy (non-hydrogen) atoms. The topological polar surface area (TPSA) is 21.7 Å². The highest BCUT2D eigenvalue weighted by atomic mass is 16.6. The highest BCUT2D eigenvalue weighted by Gasteiger charge is 2.12. The first-order chi connectivity index (χ1) is 10.8. The monoisotopic (exact) mass is 301 g/mol. The molecule has 1 aliphatic carbocycles. The van der Waals surface area contributed by atoms with E-state index >= 15 is 0 Å². The van der Waals surface area contributed by atoms with Gasteiger partial charge in [0.25, 0.3) is 0 Å². The molecule has 1 saturated carbocycles. The minimum absolute atomic E-state index is 0.649. The van der Waals surface area contributed by atoms with Crippen molar-refractivity contribution in [3.63, 3.8) is 0 Å². The molecule has 1 aromatic rings. The minimum atomic E-state index is 0.649. The molecule has 0 atom stereocenters. The summed E-state index contributed by atoms with van der Waals surface area (Å²) < 4.78 is 11.2. The van der Waals surface area contributed by atoms with Crippen LogP contribution in [0, 0.1) is 5.92 Å². The average Bonchev–Trinajstić information content (AvgIpc) is 2.56. The van der Waals surface area contributed by atoms with Crippen LogP contribution in [0.15, 0.2) is 30.4 Å². The summed E-state index contributed by atoms with van der Waals surface area (Å²) in [6.07, 6.45) is 11.8. The van der Waals surface area contributed by atoms with Gasteiger partial charge in [-0.25, -0.2) is 0 Å². The highest BCUT2D eigenvalue weighted by molar-refractivity contribution is 5.43. The van der Waals surface area contributed by atoms with Gasteiger partial charge in [0.1, 0.15) is 13.2 Å². The van der Waals surface area contributed by atoms with Gasteiger partial charge >= 0.3 is 0 Å². The summed E-state index contributed by atoms with van der Waals surface area (Å²) in [5, 5.41) is 0. The van der Waals surface area contributed by atoms with Gasteiger partial charge in [0, 0.05) is 13.1 Å². The Labute approximate surface area is 133 Å². The fourth-order valence-electron chi connectivity index (χ4n) is 3.32. The van der Waals surface area contributed by atoms with Crippen molar-refractivity contribution in [2.75, 3.05) is 26.8 Å². The maximum Gasteiger partial charge on any atom is 0.161 e. The number of hydrogen-bond donors (Lipinski definition) is 0. The second-order valence-corrected chi connectivity index (χ2v) is 6.50. The Hall–Kier alpha value is -1.48. The summed E-state index contributed by atoms with van der Waals surface area (Å²) in [4.78, 5) is 2.34. The predicted molar refractivity (Wildman–Crippen MR) is 89.5 cm³/mol. The van der Waals surface area contributed by atoms with E-state index in [0.29, 0.717) is 13.2 Å². The zero-order valence-electron chi connectivity index (χ0n) is 13.6. The van der Waals surface area contributed by atoms with Gasteiger partial charge in [0.2, 0.25) is 0 Å². The minimum Gasteiger partial charge on any atom is -0.486 e. The van der Waals surface area contributed by atoms with Crippen LogP contribution in [0.5, 0.6) is 11.5 Å². The van der Waals surface area contributed by atoms with Crippen LogP contribution in [0.25, 0.3) is 0 Å². The molecule has 0 aromatic heterocycles. The number of ether oxygens (including phenoxy) is 2. The third-order valence-corrected chi connectivity index (χ3v) is 4.53. The van der Waals surface area contributed by atoms with E-state index in [0.717, 1.165) is 30.5 Å². The van der Waals surface area contributed by atoms with Crippen LogP contribution in [0.3, 0.4) is 0 Å². The van der Waals surface area contributed by atoms with Crippen molar-refractivity contribution in [3.05, 3.63) is 35.9 Å². The maximum atomic E-state index is 5.65. The molecule has 0 bridgehead atoms. The van der Waals surface area contributed by atoms with Gasteiger partial charge in [-0.2, -0.15) is 0 Å². The van der Waals surface area contributed by atoms with Gasteiger partial charge in [0.15, 0.2) is 11.5 Å². The molecule has 0 amide bonds. The number of fused-ring (bicyclic) bond motifs is 1. The third-order valence-electron chi connectivity index (χ3n) is 4.53. The van der Waals surface area contributed by atoms with Crippen LogP contribution >= 0.6 is 0 Å². The van der Waals surface area contributed by atoms with E-state index in [4.69, 9.17) is 9.47 Å². The standard InChI is InChI=1S/C19H27NO2/c1-20(11-5-8-16-6-3-2-4-7-16)15-17-9-10-18-19(14-17)22-13-12-21-18/h5,8-10,14,16H,2-4,6-7,11-13,15H2,1H3. The lowest BCUT2D eigenvalue weighted by Crippen LogP contribution is -2.19. The molecule has 3 heteroatoms. The molecule has 3 nitrogen and oxygen atoms in total. The van der Waals surface area contributed by atoms with E-state index in [1.807, 2.05) is 6.07 Å². The summed E-state index contributed by atoms with van der Waals surface area (Å²) in [5.41, 5.74) is 1.28. The van der Waals surface area contributed by atoms with E-state index in [2.05, 4.69) is 36.2 Å². The molecule has 0 spiro atoms. The lowest BCUT2D eigenvalue weighted by Gasteiger charge is -2.21.